The van der Waals surface area contributed by atoms with E-state index >= 15 is 0 Å². The zero-order chi connectivity index (χ0) is 45.5. The Labute approximate surface area is 375 Å². The van der Waals surface area contributed by atoms with Crippen LogP contribution in [-0.4, -0.2) is 69.9 Å². The van der Waals surface area contributed by atoms with Crippen molar-refractivity contribution in [1.82, 2.24) is 29.5 Å². The van der Waals surface area contributed by atoms with Crippen LogP contribution in [0.25, 0.3) is 11.4 Å². The highest BCUT2D eigenvalue weighted by Gasteiger charge is 2.36. The highest BCUT2D eigenvalue weighted by Crippen LogP contribution is 2.47. The molecule has 0 unspecified atom stereocenters. The normalized spacial score (nSPS) is 15.2. The van der Waals surface area contributed by atoms with E-state index in [-0.39, 0.29) is 36.1 Å². The number of carbonyl (C=O) groups excluding carboxylic acids is 2. The summed E-state index contributed by atoms with van der Waals surface area (Å²) >= 11 is 0. The highest BCUT2D eigenvalue weighted by molar-refractivity contribution is 5.71. The average molecular weight is 891 g/mol. The number of nitrogens with zero attached hydrogens (tertiary/aromatic N) is 6. The van der Waals surface area contributed by atoms with Gasteiger partial charge in [-0.05, 0) is 97.6 Å². The van der Waals surface area contributed by atoms with E-state index in [4.69, 9.17) is 28.4 Å². The largest absolute Gasteiger partial charge is 0.489 e. The van der Waals surface area contributed by atoms with Gasteiger partial charge in [0.1, 0.15) is 36.1 Å². The van der Waals surface area contributed by atoms with E-state index in [9.17, 15) is 18.4 Å². The van der Waals surface area contributed by atoms with Crippen molar-refractivity contribution in [2.45, 2.75) is 82.3 Å². The number of aromatic nitrogens is 6. The van der Waals surface area contributed by atoms with Crippen LogP contribution in [0.1, 0.15) is 97.1 Å². The van der Waals surface area contributed by atoms with Gasteiger partial charge in [-0.25, -0.2) is 28.1 Å². The van der Waals surface area contributed by atoms with Crippen molar-refractivity contribution >= 4 is 11.9 Å². The highest BCUT2D eigenvalue weighted by atomic mass is 19.1. The van der Waals surface area contributed by atoms with Gasteiger partial charge in [0.15, 0.2) is 11.6 Å². The summed E-state index contributed by atoms with van der Waals surface area (Å²) in [5, 5.41) is 8.69. The van der Waals surface area contributed by atoms with Gasteiger partial charge in [-0.3, -0.25) is 9.59 Å². The van der Waals surface area contributed by atoms with Gasteiger partial charge in [0, 0.05) is 35.4 Å². The number of rotatable bonds is 19. The minimum absolute atomic E-state index is 0.142. The predicted molar refractivity (Wildman–Crippen MR) is 233 cm³/mol. The molecule has 0 saturated heterocycles. The average Bonchev–Trinajstić information content (AvgIpc) is 4.26. The van der Waals surface area contributed by atoms with Crippen molar-refractivity contribution in [3.8, 4) is 34.6 Å². The van der Waals surface area contributed by atoms with E-state index in [1.54, 1.807) is 29.3 Å². The topological polar surface area (TPSA) is 151 Å². The fraction of sp³-hybridized carbons (Fsp3) is 0.388. The first-order chi connectivity index (χ1) is 31.6. The molecule has 0 spiro atoms. The number of esters is 2. The second kappa shape index (κ2) is 20.3. The second-order valence-corrected chi connectivity index (χ2v) is 16.6. The van der Waals surface area contributed by atoms with Crippen LogP contribution in [-0.2, 0) is 32.3 Å². The van der Waals surface area contributed by atoms with Gasteiger partial charge in [-0.1, -0.05) is 24.3 Å². The molecule has 4 aromatic heterocycles. The Morgan fingerprint density at radius 3 is 1.72 bits per heavy atom. The molecule has 340 valence electrons. The molecule has 2 aromatic carbocycles. The van der Waals surface area contributed by atoms with Crippen molar-refractivity contribution in [2.75, 3.05) is 28.4 Å². The number of methoxy groups -OCH3 is 4. The van der Waals surface area contributed by atoms with Gasteiger partial charge in [0.25, 0.3) is 0 Å². The fourth-order valence-corrected chi connectivity index (χ4v) is 8.07. The number of benzene rings is 2. The first-order valence-electron chi connectivity index (χ1n) is 21.7. The Hall–Kier alpha value is -6.84. The monoisotopic (exact) mass is 890 g/mol. The lowest BCUT2D eigenvalue weighted by Crippen LogP contribution is -2.10. The maximum atomic E-state index is 14.6. The Morgan fingerprint density at radius 2 is 1.20 bits per heavy atom. The van der Waals surface area contributed by atoms with Crippen LogP contribution < -0.4 is 18.9 Å². The number of halogens is 2. The molecule has 0 amide bonds. The quantitative estimate of drug-likeness (QED) is 0.0714. The zero-order valence-corrected chi connectivity index (χ0v) is 36.8. The first kappa shape index (κ1) is 44.8. The third kappa shape index (κ3) is 11.3. The maximum absolute atomic E-state index is 14.6. The SMILES string of the molecule is COC(=O)C[C@H](c1cccc(OCc2cnn(-c3cc(OC)ncc3F)c2)c1)C1CC1.COC(=O)C[C@H](c1cccc(OCc2cnn(-c3cc(OC)ncc3F)c2C2CC2)c1)C1CC1. The molecule has 2 atom stereocenters. The van der Waals surface area contributed by atoms with Crippen LogP contribution >= 0.6 is 0 Å². The lowest BCUT2D eigenvalue weighted by atomic mass is 9.91. The van der Waals surface area contributed by atoms with E-state index in [0.29, 0.717) is 60.4 Å². The van der Waals surface area contributed by atoms with Gasteiger partial charge in [0.05, 0.1) is 71.8 Å². The Morgan fingerprint density at radius 1 is 0.662 bits per heavy atom. The van der Waals surface area contributed by atoms with Crippen molar-refractivity contribution in [3.05, 3.63) is 131 Å². The van der Waals surface area contributed by atoms with E-state index < -0.39 is 11.6 Å². The van der Waals surface area contributed by atoms with Crippen molar-refractivity contribution < 1.29 is 46.8 Å². The summed E-state index contributed by atoms with van der Waals surface area (Å²) in [4.78, 5) is 31.5. The minimum atomic E-state index is -0.499. The summed E-state index contributed by atoms with van der Waals surface area (Å²) in [6, 6.07) is 18.8. The molecule has 0 radical (unpaired) electrons. The lowest BCUT2D eigenvalue weighted by molar-refractivity contribution is -0.142. The molecule has 0 N–H and O–H groups in total. The summed E-state index contributed by atoms with van der Waals surface area (Å²) in [6.07, 6.45) is 14.7. The molecular formula is C49H52F2N6O8. The van der Waals surface area contributed by atoms with Gasteiger partial charge in [-0.2, -0.15) is 10.2 Å². The molecular weight excluding hydrogens is 839 g/mol. The molecule has 3 fully saturated rings. The third-order valence-corrected chi connectivity index (χ3v) is 12.0. The van der Waals surface area contributed by atoms with E-state index in [1.807, 2.05) is 48.5 Å². The van der Waals surface area contributed by atoms with E-state index in [0.717, 1.165) is 84.6 Å². The van der Waals surface area contributed by atoms with Gasteiger partial charge < -0.3 is 28.4 Å². The summed E-state index contributed by atoms with van der Waals surface area (Å²) in [5.41, 5.74) is 5.41. The molecule has 14 nitrogen and oxygen atoms in total. The third-order valence-electron chi connectivity index (χ3n) is 12.0. The smallest absolute Gasteiger partial charge is 0.306 e. The Bertz CT molecular complexity index is 2610. The molecule has 0 aliphatic heterocycles. The number of hydrogen-bond donors (Lipinski definition) is 0. The van der Waals surface area contributed by atoms with Gasteiger partial charge in [-0.15, -0.1) is 0 Å². The molecule has 9 rings (SSSR count). The molecule has 4 heterocycles. The summed E-state index contributed by atoms with van der Waals surface area (Å²) in [5.74, 6) is 2.37. The molecule has 3 aliphatic rings. The van der Waals surface area contributed by atoms with Crippen molar-refractivity contribution in [3.63, 3.8) is 0 Å². The van der Waals surface area contributed by atoms with Crippen LogP contribution in [0.2, 0.25) is 0 Å². The van der Waals surface area contributed by atoms with Crippen LogP contribution in [0.4, 0.5) is 8.78 Å². The summed E-state index contributed by atoms with van der Waals surface area (Å²) in [6.45, 7) is 0.600. The molecule has 0 bridgehead atoms. The standard InChI is InChI=1S/C26H28FN3O4.C23H24FN3O4/c1-32-24-12-23(22(27)14-28-24)30-26(17-8-9-17)19(13-29-30)15-34-20-5-3-4-18(10-20)21(16-6-7-16)11-25(31)33-2;1-29-22-10-21(20(24)12-25-22)27-13-15(11-26-27)14-31-18-5-3-4-17(8-18)19(16-6-7-16)9-23(28)30-2/h3-5,10,12-14,16-17,21H,6-9,11,15H2,1-2H3;3-5,8,10-13,16,19H,6-7,9,14H2,1-2H3/t21-;19-/m00/s1. The molecule has 3 saturated carbocycles. The molecule has 65 heavy (non-hydrogen) atoms. The minimum Gasteiger partial charge on any atom is -0.489 e. The molecule has 16 heteroatoms. The lowest BCUT2D eigenvalue weighted by Gasteiger charge is -2.17. The Balaban J connectivity index is 0.000000178. The molecule has 6 aromatic rings. The van der Waals surface area contributed by atoms with Crippen LogP contribution in [0.5, 0.6) is 23.3 Å². The number of hydrogen-bond acceptors (Lipinski definition) is 12. The molecule has 3 aliphatic carbocycles. The van der Waals surface area contributed by atoms with E-state index in [1.165, 1.54) is 39.2 Å². The van der Waals surface area contributed by atoms with Crippen molar-refractivity contribution in [1.29, 1.82) is 0 Å². The number of pyridine rings is 2. The number of carbonyl (C=O) groups is 2. The van der Waals surface area contributed by atoms with Crippen molar-refractivity contribution in [2.24, 2.45) is 11.8 Å². The van der Waals surface area contributed by atoms with Crippen LogP contribution in [0.15, 0.2) is 91.6 Å². The summed E-state index contributed by atoms with van der Waals surface area (Å²) < 4.78 is 63.8. The van der Waals surface area contributed by atoms with Gasteiger partial charge >= 0.3 is 11.9 Å². The Kier molecular flexibility index (Phi) is 14.0. The van der Waals surface area contributed by atoms with Crippen LogP contribution in [0.3, 0.4) is 0 Å². The fourth-order valence-electron chi connectivity index (χ4n) is 8.07. The summed E-state index contributed by atoms with van der Waals surface area (Å²) in [7, 11) is 5.82. The van der Waals surface area contributed by atoms with Crippen LogP contribution in [0, 0.1) is 23.5 Å². The predicted octanol–water partition coefficient (Wildman–Crippen LogP) is 8.98. The first-order valence-corrected chi connectivity index (χ1v) is 21.7. The number of ether oxygens (including phenoxy) is 6. The van der Waals surface area contributed by atoms with E-state index in [2.05, 4.69) is 20.2 Å². The van der Waals surface area contributed by atoms with Gasteiger partial charge in [0.2, 0.25) is 11.8 Å². The second-order valence-electron chi connectivity index (χ2n) is 16.6. The zero-order valence-electron chi connectivity index (χ0n) is 36.8. The maximum Gasteiger partial charge on any atom is 0.306 e.